The van der Waals surface area contributed by atoms with Gasteiger partial charge in [-0.25, -0.2) is 0 Å². The van der Waals surface area contributed by atoms with Crippen LogP contribution in [0.25, 0.3) is 0 Å². The van der Waals surface area contributed by atoms with Crippen molar-refractivity contribution in [3.8, 4) is 0 Å². The molecule has 0 N–H and O–H groups in total. The van der Waals surface area contributed by atoms with Crippen LogP contribution in [0.3, 0.4) is 0 Å². The minimum atomic E-state index is -0.635. The van der Waals surface area contributed by atoms with Crippen molar-refractivity contribution in [3.05, 3.63) is 12.7 Å². The predicted molar refractivity (Wildman–Crippen MR) is 56.1 cm³/mol. The van der Waals surface area contributed by atoms with Crippen LogP contribution in [0.15, 0.2) is 12.7 Å². The van der Waals surface area contributed by atoms with E-state index in [0.29, 0.717) is 13.2 Å². The summed E-state index contributed by atoms with van der Waals surface area (Å²) in [5.74, 6) is -2.03. The molecule has 0 aromatic heterocycles. The molecule has 0 fully saturated rings. The standard InChI is InChI=1S/C11H18O4/c1-5-9(11(13)15-7-3)8(4)10(12)14-6-2/h5,8-9H,1,6-7H2,2-4H3. The molecule has 15 heavy (non-hydrogen) atoms. The molecule has 0 aliphatic heterocycles. The van der Waals surface area contributed by atoms with Crippen LogP contribution in [0.1, 0.15) is 20.8 Å². The van der Waals surface area contributed by atoms with E-state index in [0.717, 1.165) is 0 Å². The van der Waals surface area contributed by atoms with Crippen LogP contribution in [-0.4, -0.2) is 25.2 Å². The van der Waals surface area contributed by atoms with Crippen molar-refractivity contribution in [3.63, 3.8) is 0 Å². The summed E-state index contributed by atoms with van der Waals surface area (Å²) in [6.45, 7) is 9.17. The second-order valence-electron chi connectivity index (χ2n) is 3.05. The fourth-order valence-corrected chi connectivity index (χ4v) is 1.16. The summed E-state index contributed by atoms with van der Waals surface area (Å²) in [6, 6.07) is 0. The average Bonchev–Trinajstić information content (AvgIpc) is 2.19. The van der Waals surface area contributed by atoms with Gasteiger partial charge in [-0.1, -0.05) is 13.0 Å². The van der Waals surface area contributed by atoms with Gasteiger partial charge in [-0.15, -0.1) is 6.58 Å². The Labute approximate surface area is 90.2 Å². The lowest BCUT2D eigenvalue weighted by molar-refractivity contribution is -0.157. The Morgan fingerprint density at radius 1 is 1.20 bits per heavy atom. The second-order valence-corrected chi connectivity index (χ2v) is 3.05. The van der Waals surface area contributed by atoms with Crippen LogP contribution < -0.4 is 0 Å². The van der Waals surface area contributed by atoms with Gasteiger partial charge in [-0.05, 0) is 13.8 Å². The van der Waals surface area contributed by atoms with Gasteiger partial charge in [0.15, 0.2) is 0 Å². The summed E-state index contributed by atoms with van der Waals surface area (Å²) in [6.07, 6.45) is 1.42. The van der Waals surface area contributed by atoms with E-state index in [1.165, 1.54) is 6.08 Å². The summed E-state index contributed by atoms with van der Waals surface area (Å²) in [5.41, 5.74) is 0. The molecule has 0 aromatic carbocycles. The molecule has 2 atom stereocenters. The molecule has 86 valence electrons. The SMILES string of the molecule is C=CC(C(=O)OCC)C(C)C(=O)OCC. The van der Waals surface area contributed by atoms with Crippen molar-refractivity contribution in [2.75, 3.05) is 13.2 Å². The summed E-state index contributed by atoms with van der Waals surface area (Å²) >= 11 is 0. The molecule has 0 rings (SSSR count). The molecule has 0 saturated heterocycles. The molecule has 4 heteroatoms. The average molecular weight is 214 g/mol. The van der Waals surface area contributed by atoms with Crippen LogP contribution in [0, 0.1) is 11.8 Å². The zero-order valence-electron chi connectivity index (χ0n) is 9.49. The van der Waals surface area contributed by atoms with E-state index in [4.69, 9.17) is 9.47 Å². The third-order valence-corrected chi connectivity index (χ3v) is 2.01. The second kappa shape index (κ2) is 7.04. The Bertz CT molecular complexity index is 235. The van der Waals surface area contributed by atoms with E-state index < -0.39 is 23.8 Å². The molecule has 0 radical (unpaired) electrons. The number of carbonyl (C=O) groups excluding carboxylic acids is 2. The number of hydrogen-bond donors (Lipinski definition) is 0. The smallest absolute Gasteiger partial charge is 0.313 e. The number of carbonyl (C=O) groups is 2. The van der Waals surface area contributed by atoms with Gasteiger partial charge in [-0.3, -0.25) is 9.59 Å². The molecule has 0 aliphatic carbocycles. The Hall–Kier alpha value is -1.32. The summed E-state index contributed by atoms with van der Waals surface area (Å²) in [5, 5.41) is 0. The fraction of sp³-hybridized carbons (Fsp3) is 0.636. The van der Waals surface area contributed by atoms with Crippen LogP contribution in [0.4, 0.5) is 0 Å². The highest BCUT2D eigenvalue weighted by molar-refractivity contribution is 5.83. The Morgan fingerprint density at radius 2 is 1.67 bits per heavy atom. The van der Waals surface area contributed by atoms with E-state index in [9.17, 15) is 9.59 Å². The number of ether oxygens (including phenoxy) is 2. The van der Waals surface area contributed by atoms with Gasteiger partial charge < -0.3 is 9.47 Å². The van der Waals surface area contributed by atoms with Crippen molar-refractivity contribution in [1.29, 1.82) is 0 Å². The van der Waals surface area contributed by atoms with Crippen LogP contribution in [0.2, 0.25) is 0 Å². The first-order valence-corrected chi connectivity index (χ1v) is 5.04. The Balaban J connectivity index is 4.45. The van der Waals surface area contributed by atoms with Gasteiger partial charge in [-0.2, -0.15) is 0 Å². The Kier molecular flexibility index (Phi) is 6.42. The Morgan fingerprint density at radius 3 is 2.07 bits per heavy atom. The van der Waals surface area contributed by atoms with Crippen LogP contribution >= 0.6 is 0 Å². The molecule has 0 spiro atoms. The lowest BCUT2D eigenvalue weighted by Gasteiger charge is -2.17. The van der Waals surface area contributed by atoms with Crippen molar-refractivity contribution in [2.24, 2.45) is 11.8 Å². The van der Waals surface area contributed by atoms with Gasteiger partial charge in [0, 0.05) is 0 Å². The molecular weight excluding hydrogens is 196 g/mol. The maximum Gasteiger partial charge on any atom is 0.313 e. The molecule has 0 aliphatic rings. The minimum absolute atomic E-state index is 0.290. The molecule has 4 nitrogen and oxygen atoms in total. The number of rotatable bonds is 6. The summed E-state index contributed by atoms with van der Waals surface area (Å²) in [7, 11) is 0. The molecule has 0 aromatic rings. The lowest BCUT2D eigenvalue weighted by Crippen LogP contribution is -2.29. The normalized spacial score (nSPS) is 13.8. The van der Waals surface area contributed by atoms with Crippen molar-refractivity contribution in [2.45, 2.75) is 20.8 Å². The molecule has 2 unspecified atom stereocenters. The lowest BCUT2D eigenvalue weighted by atomic mass is 9.94. The molecule has 0 bridgehead atoms. The van der Waals surface area contributed by atoms with Crippen molar-refractivity contribution >= 4 is 11.9 Å². The van der Waals surface area contributed by atoms with Gasteiger partial charge in [0.2, 0.25) is 0 Å². The number of hydrogen-bond acceptors (Lipinski definition) is 4. The predicted octanol–water partition coefficient (Wildman–Crippen LogP) is 1.55. The molecule has 0 heterocycles. The molecule has 0 saturated carbocycles. The monoisotopic (exact) mass is 214 g/mol. The highest BCUT2D eigenvalue weighted by Gasteiger charge is 2.29. The van der Waals surface area contributed by atoms with Gasteiger partial charge in [0.1, 0.15) is 0 Å². The van der Waals surface area contributed by atoms with Crippen molar-refractivity contribution in [1.82, 2.24) is 0 Å². The minimum Gasteiger partial charge on any atom is -0.466 e. The van der Waals surface area contributed by atoms with Crippen LogP contribution in [0.5, 0.6) is 0 Å². The summed E-state index contributed by atoms with van der Waals surface area (Å²) < 4.78 is 9.65. The van der Waals surface area contributed by atoms with E-state index in [-0.39, 0.29) is 0 Å². The highest BCUT2D eigenvalue weighted by atomic mass is 16.5. The van der Waals surface area contributed by atoms with Crippen molar-refractivity contribution < 1.29 is 19.1 Å². The van der Waals surface area contributed by atoms with E-state index in [1.54, 1.807) is 20.8 Å². The van der Waals surface area contributed by atoms with Gasteiger partial charge >= 0.3 is 11.9 Å². The van der Waals surface area contributed by atoms with Gasteiger partial charge in [0.25, 0.3) is 0 Å². The molecular formula is C11H18O4. The van der Waals surface area contributed by atoms with E-state index in [2.05, 4.69) is 6.58 Å². The third kappa shape index (κ3) is 4.14. The summed E-state index contributed by atoms with van der Waals surface area (Å²) in [4.78, 5) is 22.8. The quantitative estimate of drug-likeness (QED) is 0.497. The maximum absolute atomic E-state index is 11.4. The van der Waals surface area contributed by atoms with E-state index in [1.807, 2.05) is 0 Å². The third-order valence-electron chi connectivity index (χ3n) is 2.01. The first kappa shape index (κ1) is 13.7. The van der Waals surface area contributed by atoms with Crippen LogP contribution in [-0.2, 0) is 19.1 Å². The fourth-order valence-electron chi connectivity index (χ4n) is 1.16. The highest BCUT2D eigenvalue weighted by Crippen LogP contribution is 2.16. The maximum atomic E-state index is 11.4. The first-order valence-electron chi connectivity index (χ1n) is 5.04. The topological polar surface area (TPSA) is 52.6 Å². The van der Waals surface area contributed by atoms with Gasteiger partial charge in [0.05, 0.1) is 25.0 Å². The largest absolute Gasteiger partial charge is 0.466 e. The zero-order chi connectivity index (χ0) is 11.8. The number of esters is 2. The zero-order valence-corrected chi connectivity index (χ0v) is 9.49. The molecule has 0 amide bonds. The first-order chi connectivity index (χ1) is 7.08. The van der Waals surface area contributed by atoms with E-state index >= 15 is 0 Å².